The van der Waals surface area contributed by atoms with Crippen molar-refractivity contribution >= 4 is 60.5 Å². The highest BCUT2D eigenvalue weighted by molar-refractivity contribution is 7.33. The van der Waals surface area contributed by atoms with Gasteiger partial charge < -0.3 is 10.2 Å². The maximum atomic E-state index is 12.8. The van der Waals surface area contributed by atoms with E-state index in [0.717, 1.165) is 43.9 Å². The number of carbonyl (C=O) groups excluding carboxylic acids is 1. The Morgan fingerprint density at radius 2 is 1.96 bits per heavy atom. The van der Waals surface area contributed by atoms with Gasteiger partial charge in [0.2, 0.25) is 0 Å². The topological polar surface area (TPSA) is 32.3 Å². The Labute approximate surface area is 162 Å². The molecule has 0 unspecified atom stereocenters. The molecule has 0 spiro atoms. The van der Waals surface area contributed by atoms with E-state index < -0.39 is 0 Å². The lowest BCUT2D eigenvalue weighted by Gasteiger charge is -2.31. The van der Waals surface area contributed by atoms with Crippen LogP contribution in [0.25, 0.3) is 19.5 Å². The molecular weight excluding hydrogens is 372 g/mol. The summed E-state index contributed by atoms with van der Waals surface area (Å²) in [6, 6.07) is 10.6. The molecule has 1 aromatic carbocycles. The van der Waals surface area contributed by atoms with E-state index >= 15 is 0 Å². The van der Waals surface area contributed by atoms with Crippen molar-refractivity contribution < 1.29 is 4.79 Å². The van der Waals surface area contributed by atoms with Crippen LogP contribution in [0.1, 0.15) is 29.4 Å². The van der Waals surface area contributed by atoms with Crippen LogP contribution in [-0.2, 0) is 0 Å². The molecule has 1 fully saturated rings. The first kappa shape index (κ1) is 18.6. The second kappa shape index (κ2) is 8.04. The van der Waals surface area contributed by atoms with Gasteiger partial charge in [-0.15, -0.1) is 35.1 Å². The Hall–Kier alpha value is -1.14. The van der Waals surface area contributed by atoms with Crippen LogP contribution in [0.15, 0.2) is 30.3 Å². The number of halogens is 1. The molecule has 25 heavy (non-hydrogen) atoms. The summed E-state index contributed by atoms with van der Waals surface area (Å²) in [6.07, 6.45) is 2.23. The lowest BCUT2D eigenvalue weighted by atomic mass is 9.96. The molecule has 0 aliphatic carbocycles. The fourth-order valence-corrected chi connectivity index (χ4v) is 5.94. The van der Waals surface area contributed by atoms with Crippen LogP contribution < -0.4 is 5.32 Å². The van der Waals surface area contributed by atoms with E-state index in [9.17, 15) is 4.79 Å². The number of rotatable bonds is 4. The van der Waals surface area contributed by atoms with Crippen LogP contribution in [0.4, 0.5) is 0 Å². The third kappa shape index (κ3) is 3.70. The summed E-state index contributed by atoms with van der Waals surface area (Å²) in [5, 5.41) is 4.71. The second-order valence-electron chi connectivity index (χ2n) is 6.45. The van der Waals surface area contributed by atoms with Crippen LogP contribution in [0.5, 0.6) is 0 Å². The highest BCUT2D eigenvalue weighted by Gasteiger charge is 2.25. The van der Waals surface area contributed by atoms with Crippen LogP contribution in [-0.4, -0.2) is 37.0 Å². The van der Waals surface area contributed by atoms with Crippen LogP contribution in [0.3, 0.4) is 0 Å². The molecular formula is C19H23ClN2OS2. The van der Waals surface area contributed by atoms with Crippen LogP contribution in [0.2, 0.25) is 0 Å². The predicted octanol–water partition coefficient (Wildman–Crippen LogP) is 5.00. The maximum absolute atomic E-state index is 12.8. The Bertz CT molecular complexity index is 865. The molecule has 1 saturated heterocycles. The summed E-state index contributed by atoms with van der Waals surface area (Å²) in [5.74, 6) is 0.930. The molecule has 1 aliphatic rings. The largest absolute Gasteiger partial charge is 0.338 e. The first-order valence-electron chi connectivity index (χ1n) is 8.67. The maximum Gasteiger partial charge on any atom is 0.263 e. The molecule has 0 bridgehead atoms. The van der Waals surface area contributed by atoms with Crippen LogP contribution >= 0.6 is 35.1 Å². The first-order valence-corrected chi connectivity index (χ1v) is 10.3. The van der Waals surface area contributed by atoms with E-state index in [4.69, 9.17) is 0 Å². The molecule has 2 aromatic heterocycles. The molecule has 1 amide bonds. The molecule has 0 atom stereocenters. The van der Waals surface area contributed by atoms with Crippen molar-refractivity contribution in [2.45, 2.75) is 19.8 Å². The van der Waals surface area contributed by atoms with Gasteiger partial charge >= 0.3 is 0 Å². The number of amides is 1. The van der Waals surface area contributed by atoms with E-state index in [1.54, 1.807) is 22.7 Å². The predicted molar refractivity (Wildman–Crippen MR) is 112 cm³/mol. The van der Waals surface area contributed by atoms with Crippen LogP contribution in [0, 0.1) is 5.92 Å². The number of nitrogens with one attached hydrogen (secondary N) is 1. The van der Waals surface area contributed by atoms with Gasteiger partial charge in [0.1, 0.15) is 0 Å². The van der Waals surface area contributed by atoms with Gasteiger partial charge in [0, 0.05) is 27.9 Å². The summed E-state index contributed by atoms with van der Waals surface area (Å²) in [6.45, 7) is 6.03. The molecule has 1 N–H and O–H groups in total. The molecule has 134 valence electrons. The zero-order valence-electron chi connectivity index (χ0n) is 14.3. The van der Waals surface area contributed by atoms with Gasteiger partial charge in [-0.05, 0) is 44.0 Å². The minimum Gasteiger partial charge on any atom is -0.338 e. The molecule has 3 aromatic rings. The SMILES string of the molecule is CCNCC1CCN(C(=O)c2cc3sc4ccccc4c3s2)CC1.Cl. The third-order valence-electron chi connectivity index (χ3n) is 4.85. The first-order chi connectivity index (χ1) is 11.8. The molecule has 3 nitrogen and oxygen atoms in total. The van der Waals surface area contributed by atoms with E-state index in [1.165, 1.54) is 19.5 Å². The molecule has 6 heteroatoms. The van der Waals surface area contributed by atoms with Crippen molar-refractivity contribution in [2.75, 3.05) is 26.2 Å². The highest BCUT2D eigenvalue weighted by Crippen LogP contribution is 2.39. The summed E-state index contributed by atoms with van der Waals surface area (Å²) < 4.78 is 3.81. The number of hydrogen-bond acceptors (Lipinski definition) is 4. The quantitative estimate of drug-likeness (QED) is 0.675. The Balaban J connectivity index is 0.00000182. The number of benzene rings is 1. The van der Waals surface area contributed by atoms with Gasteiger partial charge in [0.05, 0.1) is 9.58 Å². The summed E-state index contributed by atoms with van der Waals surface area (Å²) in [5.41, 5.74) is 0. The number of piperidine rings is 1. The zero-order valence-corrected chi connectivity index (χ0v) is 16.7. The van der Waals surface area contributed by atoms with E-state index in [1.807, 2.05) is 4.90 Å². The number of hydrogen-bond donors (Lipinski definition) is 1. The number of thiophene rings is 2. The van der Waals surface area contributed by atoms with Gasteiger partial charge in [-0.25, -0.2) is 0 Å². The normalized spacial score (nSPS) is 15.6. The highest BCUT2D eigenvalue weighted by atomic mass is 35.5. The minimum atomic E-state index is 0. The van der Waals surface area contributed by atoms with Gasteiger partial charge in [0.15, 0.2) is 0 Å². The van der Waals surface area contributed by atoms with Crippen molar-refractivity contribution in [3.8, 4) is 0 Å². The lowest BCUT2D eigenvalue weighted by molar-refractivity contribution is 0.0695. The van der Waals surface area contributed by atoms with Crippen molar-refractivity contribution in [3.63, 3.8) is 0 Å². The summed E-state index contributed by atoms with van der Waals surface area (Å²) >= 11 is 3.44. The average Bonchev–Trinajstić information content (AvgIpc) is 3.17. The molecule has 4 rings (SSSR count). The van der Waals surface area contributed by atoms with Gasteiger partial charge in [-0.2, -0.15) is 0 Å². The van der Waals surface area contributed by atoms with Crippen molar-refractivity contribution in [1.29, 1.82) is 0 Å². The fourth-order valence-electron chi connectivity index (χ4n) is 3.45. The summed E-state index contributed by atoms with van der Waals surface area (Å²) in [4.78, 5) is 15.8. The monoisotopic (exact) mass is 394 g/mol. The standard InChI is InChI=1S/C19H22N2OS2.ClH/c1-2-20-12-13-7-9-21(10-8-13)19(22)17-11-16-18(24-17)14-5-3-4-6-15(14)23-16;/h3-6,11,13,20H,2,7-10,12H2,1H3;1H. The zero-order chi connectivity index (χ0) is 16.5. The smallest absolute Gasteiger partial charge is 0.263 e. The Kier molecular flexibility index (Phi) is 6.00. The van der Waals surface area contributed by atoms with Crippen molar-refractivity contribution in [3.05, 3.63) is 35.2 Å². The number of nitrogens with zero attached hydrogens (tertiary/aromatic N) is 1. The Morgan fingerprint density at radius 3 is 2.72 bits per heavy atom. The fraction of sp³-hybridized carbons (Fsp3) is 0.421. The molecule has 3 heterocycles. The van der Waals surface area contributed by atoms with Crippen molar-refractivity contribution in [1.82, 2.24) is 10.2 Å². The lowest BCUT2D eigenvalue weighted by Crippen LogP contribution is -2.40. The molecule has 0 radical (unpaired) electrons. The van der Waals surface area contributed by atoms with E-state index in [0.29, 0.717) is 5.92 Å². The number of carbonyl (C=O) groups is 1. The van der Waals surface area contributed by atoms with E-state index in [2.05, 4.69) is 42.6 Å². The van der Waals surface area contributed by atoms with E-state index in [-0.39, 0.29) is 18.3 Å². The summed E-state index contributed by atoms with van der Waals surface area (Å²) in [7, 11) is 0. The number of likely N-dealkylation sites (tertiary alicyclic amines) is 1. The van der Waals surface area contributed by atoms with Gasteiger partial charge in [0.25, 0.3) is 5.91 Å². The second-order valence-corrected chi connectivity index (χ2v) is 8.58. The number of fused-ring (bicyclic) bond motifs is 3. The van der Waals surface area contributed by atoms with Crippen molar-refractivity contribution in [2.24, 2.45) is 5.92 Å². The average molecular weight is 395 g/mol. The minimum absolute atomic E-state index is 0. The Morgan fingerprint density at radius 1 is 1.20 bits per heavy atom. The molecule has 1 aliphatic heterocycles. The van der Waals surface area contributed by atoms with Gasteiger partial charge in [-0.1, -0.05) is 25.1 Å². The molecule has 0 saturated carbocycles. The third-order valence-corrected chi connectivity index (χ3v) is 7.25. The van der Waals surface area contributed by atoms with Gasteiger partial charge in [-0.3, -0.25) is 4.79 Å².